The van der Waals surface area contributed by atoms with Gasteiger partial charge in [-0.05, 0) is 43.5 Å². The van der Waals surface area contributed by atoms with Crippen molar-refractivity contribution in [3.05, 3.63) is 35.4 Å². The molecule has 1 amide bonds. The van der Waals surface area contributed by atoms with Gasteiger partial charge in [0.05, 0.1) is 18.1 Å². The lowest BCUT2D eigenvalue weighted by molar-refractivity contribution is -0.141. The molecule has 0 radical (unpaired) electrons. The molecule has 1 heterocycles. The third kappa shape index (κ3) is 3.27. The van der Waals surface area contributed by atoms with Crippen LogP contribution in [0.5, 0.6) is 0 Å². The summed E-state index contributed by atoms with van der Waals surface area (Å²) in [5, 5.41) is 3.02. The van der Waals surface area contributed by atoms with Crippen molar-refractivity contribution in [2.24, 2.45) is 11.8 Å². The zero-order valence-electron chi connectivity index (χ0n) is 16.4. The van der Waals surface area contributed by atoms with Crippen molar-refractivity contribution in [1.29, 1.82) is 0 Å². The van der Waals surface area contributed by atoms with Gasteiger partial charge in [-0.15, -0.1) is 0 Å². The van der Waals surface area contributed by atoms with Crippen molar-refractivity contribution >= 4 is 20.0 Å². The molecule has 5 heteroatoms. The van der Waals surface area contributed by atoms with E-state index in [1.54, 1.807) is 0 Å². The molecule has 1 N–H and O–H groups in total. The number of nitrogens with one attached hydrogen (secondary N) is 1. The van der Waals surface area contributed by atoms with Gasteiger partial charge in [0.15, 0.2) is 14.1 Å². The van der Waals surface area contributed by atoms with Crippen molar-refractivity contribution < 1.29 is 14.0 Å². The number of fused-ring (bicyclic) bond motifs is 1. The number of benzene rings is 1. The number of ketones is 1. The molecule has 3 rings (SSSR count). The molecule has 2 aliphatic rings. The molecule has 1 fully saturated rings. The number of carbonyl (C=O) groups is 2. The van der Waals surface area contributed by atoms with Crippen molar-refractivity contribution in [3.8, 4) is 0 Å². The average Bonchev–Trinajstić information content (AvgIpc) is 2.65. The highest BCUT2D eigenvalue weighted by atomic mass is 28.4. The Balaban J connectivity index is 1.76. The van der Waals surface area contributed by atoms with Crippen LogP contribution in [0.15, 0.2) is 24.3 Å². The predicted octanol–water partition coefficient (Wildman–Crippen LogP) is 3.96. The van der Waals surface area contributed by atoms with Crippen molar-refractivity contribution in [1.82, 2.24) is 5.32 Å². The second-order valence-corrected chi connectivity index (χ2v) is 12.5. The van der Waals surface area contributed by atoms with Gasteiger partial charge in [0, 0.05) is 11.5 Å². The molecule has 1 aromatic carbocycles. The Kier molecular flexibility index (Phi) is 5.68. The molecule has 4 nitrogen and oxygen atoms in total. The van der Waals surface area contributed by atoms with E-state index < -0.39 is 8.32 Å². The molecular formula is C21H31NO3Si. The van der Waals surface area contributed by atoms with Crippen molar-refractivity contribution in [3.63, 3.8) is 0 Å². The van der Waals surface area contributed by atoms with Crippen LogP contribution < -0.4 is 5.32 Å². The second kappa shape index (κ2) is 7.65. The molecule has 1 aliphatic carbocycles. The highest BCUT2D eigenvalue weighted by Gasteiger charge is 2.51. The first-order chi connectivity index (χ1) is 12.5. The minimum absolute atomic E-state index is 0.0420. The summed E-state index contributed by atoms with van der Waals surface area (Å²) < 4.78 is 6.55. The first-order valence-corrected chi connectivity index (χ1v) is 12.6. The fourth-order valence-electron chi connectivity index (χ4n) is 4.70. The quantitative estimate of drug-likeness (QED) is 0.581. The van der Waals surface area contributed by atoms with Gasteiger partial charge in [0.2, 0.25) is 5.91 Å². The maximum absolute atomic E-state index is 13.0. The number of carbonyl (C=O) groups excluding carboxylic acids is 2. The minimum Gasteiger partial charge on any atom is -0.413 e. The Morgan fingerprint density at radius 1 is 1.15 bits per heavy atom. The molecule has 4 atom stereocenters. The van der Waals surface area contributed by atoms with Crippen LogP contribution in [0, 0.1) is 11.8 Å². The second-order valence-electron chi connectivity index (χ2n) is 7.79. The SMILES string of the molecule is CC[Si](CC)(CC)O[C@H](C)[C@H]1C(=O)N[C@@H]1[C@H]1CCc2ccccc2C1=O. The average molecular weight is 374 g/mol. The van der Waals surface area contributed by atoms with Crippen LogP contribution in [0.2, 0.25) is 18.1 Å². The molecule has 1 aliphatic heterocycles. The Morgan fingerprint density at radius 2 is 1.81 bits per heavy atom. The lowest BCUT2D eigenvalue weighted by Crippen LogP contribution is -2.67. The highest BCUT2D eigenvalue weighted by molar-refractivity contribution is 6.73. The van der Waals surface area contributed by atoms with E-state index in [-0.39, 0.29) is 35.7 Å². The normalized spacial score (nSPS) is 26.7. The fourth-order valence-corrected chi connectivity index (χ4v) is 7.64. The maximum Gasteiger partial charge on any atom is 0.228 e. The Morgan fingerprint density at radius 3 is 2.42 bits per heavy atom. The van der Waals surface area contributed by atoms with Crippen LogP contribution >= 0.6 is 0 Å². The zero-order valence-corrected chi connectivity index (χ0v) is 17.4. The summed E-state index contributed by atoms with van der Waals surface area (Å²) in [6.07, 6.45) is 1.59. The van der Waals surface area contributed by atoms with Gasteiger partial charge in [0.25, 0.3) is 0 Å². The number of Topliss-reactive ketones (excluding diaryl/α,β-unsaturated/α-hetero) is 1. The topological polar surface area (TPSA) is 55.4 Å². The summed E-state index contributed by atoms with van der Waals surface area (Å²) in [7, 11) is -1.77. The van der Waals surface area contributed by atoms with Gasteiger partial charge < -0.3 is 9.74 Å². The van der Waals surface area contributed by atoms with Gasteiger partial charge in [-0.3, -0.25) is 9.59 Å². The summed E-state index contributed by atoms with van der Waals surface area (Å²) in [5.74, 6) is -0.107. The molecule has 0 saturated carbocycles. The van der Waals surface area contributed by atoms with E-state index in [1.165, 1.54) is 0 Å². The highest BCUT2D eigenvalue weighted by Crippen LogP contribution is 2.37. The number of amides is 1. The maximum atomic E-state index is 13.0. The van der Waals surface area contributed by atoms with Gasteiger partial charge in [0.1, 0.15) is 0 Å². The zero-order chi connectivity index (χ0) is 18.9. The van der Waals surface area contributed by atoms with E-state index in [1.807, 2.05) is 31.2 Å². The molecule has 0 spiro atoms. The molecule has 26 heavy (non-hydrogen) atoms. The van der Waals surface area contributed by atoms with Crippen LogP contribution in [-0.2, 0) is 15.6 Å². The third-order valence-electron chi connectivity index (χ3n) is 6.65. The first-order valence-electron chi connectivity index (χ1n) is 10.1. The van der Waals surface area contributed by atoms with Crippen LogP contribution in [0.25, 0.3) is 0 Å². The Bertz CT molecular complexity index is 677. The van der Waals surface area contributed by atoms with E-state index >= 15 is 0 Å². The van der Waals surface area contributed by atoms with E-state index in [2.05, 4.69) is 26.1 Å². The number of aryl methyl sites for hydroxylation is 1. The number of hydrogen-bond acceptors (Lipinski definition) is 3. The molecular weight excluding hydrogens is 342 g/mol. The van der Waals surface area contributed by atoms with Crippen LogP contribution in [0.3, 0.4) is 0 Å². The van der Waals surface area contributed by atoms with Gasteiger partial charge in [-0.1, -0.05) is 45.0 Å². The number of hydrogen-bond donors (Lipinski definition) is 1. The molecule has 0 unspecified atom stereocenters. The summed E-state index contributed by atoms with van der Waals surface area (Å²) in [6, 6.07) is 11.0. The summed E-state index contributed by atoms with van der Waals surface area (Å²) in [6.45, 7) is 8.63. The lowest BCUT2D eigenvalue weighted by atomic mass is 9.70. The van der Waals surface area contributed by atoms with Crippen molar-refractivity contribution in [2.75, 3.05) is 0 Å². The van der Waals surface area contributed by atoms with Crippen LogP contribution in [0.4, 0.5) is 0 Å². The third-order valence-corrected chi connectivity index (χ3v) is 11.4. The number of rotatable bonds is 7. The molecule has 0 bridgehead atoms. The van der Waals surface area contributed by atoms with Crippen LogP contribution in [-0.4, -0.2) is 32.2 Å². The Labute approximate surface area is 157 Å². The lowest BCUT2D eigenvalue weighted by Gasteiger charge is -2.47. The largest absolute Gasteiger partial charge is 0.413 e. The van der Waals surface area contributed by atoms with Crippen molar-refractivity contribution in [2.45, 2.75) is 70.8 Å². The molecule has 1 saturated heterocycles. The van der Waals surface area contributed by atoms with Gasteiger partial charge in [-0.2, -0.15) is 0 Å². The summed E-state index contributed by atoms with van der Waals surface area (Å²) in [5.41, 5.74) is 1.96. The van der Waals surface area contributed by atoms with E-state index in [4.69, 9.17) is 4.43 Å². The smallest absolute Gasteiger partial charge is 0.228 e. The molecule has 1 aromatic rings. The van der Waals surface area contributed by atoms with E-state index in [0.717, 1.165) is 42.1 Å². The van der Waals surface area contributed by atoms with E-state index in [9.17, 15) is 9.59 Å². The first kappa shape index (κ1) is 19.3. The standard InChI is InChI=1S/C21H31NO3Si/c1-5-26(6-2,7-3)25-14(4)18-19(22-21(18)24)17-13-12-15-10-8-9-11-16(15)20(17)23/h8-11,14,17-19H,5-7,12-13H2,1-4H3,(H,22,24)/t14-,17-,18-,19-/m1/s1. The minimum atomic E-state index is -1.77. The summed E-state index contributed by atoms with van der Waals surface area (Å²) in [4.78, 5) is 25.3. The monoisotopic (exact) mass is 373 g/mol. The number of β-lactam (4-membered cyclic amide) rings is 1. The van der Waals surface area contributed by atoms with Gasteiger partial charge >= 0.3 is 0 Å². The van der Waals surface area contributed by atoms with Gasteiger partial charge in [-0.25, -0.2) is 0 Å². The fraction of sp³-hybridized carbons (Fsp3) is 0.619. The molecule has 0 aromatic heterocycles. The summed E-state index contributed by atoms with van der Waals surface area (Å²) >= 11 is 0. The van der Waals surface area contributed by atoms with E-state index in [0.29, 0.717) is 0 Å². The Hall–Kier alpha value is -1.46. The van der Waals surface area contributed by atoms with Crippen LogP contribution in [0.1, 0.15) is 50.0 Å². The predicted molar refractivity (Wildman–Crippen MR) is 106 cm³/mol. The molecule has 142 valence electrons.